The van der Waals surface area contributed by atoms with Gasteiger partial charge in [0.25, 0.3) is 0 Å². The molecular formula is C16H13F4NO3S. The van der Waals surface area contributed by atoms with Crippen molar-refractivity contribution in [2.75, 3.05) is 0 Å². The van der Waals surface area contributed by atoms with E-state index < -0.39 is 34.0 Å². The number of nitrogens with two attached hydrogens (primary N) is 1. The Hall–Kier alpha value is -1.97. The smallest absolute Gasteiger partial charge is 0.368 e. The number of alkyl halides is 3. The van der Waals surface area contributed by atoms with Gasteiger partial charge in [-0.25, -0.2) is 17.9 Å². The second-order valence-electron chi connectivity index (χ2n) is 5.71. The maximum Gasteiger partial charge on any atom is 0.398 e. The van der Waals surface area contributed by atoms with Gasteiger partial charge >= 0.3 is 6.18 Å². The van der Waals surface area contributed by atoms with Crippen molar-refractivity contribution in [3.63, 3.8) is 0 Å². The summed E-state index contributed by atoms with van der Waals surface area (Å²) in [5.41, 5.74) is 0.425. The minimum Gasteiger partial charge on any atom is -0.368 e. The molecule has 1 heterocycles. The molecule has 0 aliphatic carbocycles. The van der Waals surface area contributed by atoms with E-state index in [9.17, 15) is 26.0 Å². The Morgan fingerprint density at radius 2 is 1.76 bits per heavy atom. The fourth-order valence-corrected chi connectivity index (χ4v) is 3.48. The van der Waals surface area contributed by atoms with Gasteiger partial charge in [0.1, 0.15) is 11.7 Å². The molecule has 9 heteroatoms. The van der Waals surface area contributed by atoms with Gasteiger partial charge in [0.05, 0.1) is 17.6 Å². The Labute approximate surface area is 141 Å². The van der Waals surface area contributed by atoms with Crippen LogP contribution in [0, 0.1) is 5.82 Å². The molecule has 2 N–H and O–H groups in total. The molecule has 4 nitrogen and oxygen atoms in total. The molecule has 1 aliphatic rings. The first-order valence-corrected chi connectivity index (χ1v) is 8.71. The number of sulfonamides is 1. The van der Waals surface area contributed by atoms with Crippen molar-refractivity contribution in [1.82, 2.24) is 0 Å². The van der Waals surface area contributed by atoms with E-state index >= 15 is 0 Å². The van der Waals surface area contributed by atoms with Gasteiger partial charge < -0.3 is 4.74 Å². The maximum absolute atomic E-state index is 13.6. The van der Waals surface area contributed by atoms with Crippen molar-refractivity contribution in [1.29, 1.82) is 0 Å². The molecule has 2 aromatic carbocycles. The molecule has 2 unspecified atom stereocenters. The molecule has 0 aromatic heterocycles. The van der Waals surface area contributed by atoms with Crippen molar-refractivity contribution in [3.05, 3.63) is 65.0 Å². The lowest BCUT2D eigenvalue weighted by Gasteiger charge is -2.26. The number of hydrogen-bond acceptors (Lipinski definition) is 3. The summed E-state index contributed by atoms with van der Waals surface area (Å²) in [6, 6.07) is 7.66. The van der Waals surface area contributed by atoms with Gasteiger partial charge in [0.2, 0.25) is 10.0 Å². The van der Waals surface area contributed by atoms with Crippen LogP contribution in [-0.2, 0) is 21.4 Å². The Bertz CT molecular complexity index is 895. The van der Waals surface area contributed by atoms with Gasteiger partial charge in [-0.15, -0.1) is 0 Å². The lowest BCUT2D eigenvalue weighted by atomic mass is 9.88. The molecule has 25 heavy (non-hydrogen) atoms. The number of benzene rings is 2. The first-order chi connectivity index (χ1) is 11.6. The molecule has 3 rings (SSSR count). The lowest BCUT2D eigenvalue weighted by Crippen LogP contribution is -2.27. The van der Waals surface area contributed by atoms with E-state index in [1.165, 1.54) is 12.1 Å². The van der Waals surface area contributed by atoms with Crippen LogP contribution in [0.4, 0.5) is 17.6 Å². The molecule has 0 spiro atoms. The maximum atomic E-state index is 13.6. The van der Waals surface area contributed by atoms with Crippen LogP contribution in [0.25, 0.3) is 0 Å². The van der Waals surface area contributed by atoms with Crippen LogP contribution in [0.3, 0.4) is 0 Å². The van der Waals surface area contributed by atoms with Crippen molar-refractivity contribution in [3.8, 4) is 0 Å². The summed E-state index contributed by atoms with van der Waals surface area (Å²) in [7, 11) is -3.97. The van der Waals surface area contributed by atoms with Crippen LogP contribution in [0.15, 0.2) is 47.4 Å². The minimum atomic E-state index is -4.64. The highest BCUT2D eigenvalue weighted by atomic mass is 32.2. The van der Waals surface area contributed by atoms with Gasteiger partial charge in [-0.1, -0.05) is 18.2 Å². The summed E-state index contributed by atoms with van der Waals surface area (Å²) in [6.45, 7) is -0.170. The molecule has 0 saturated heterocycles. The molecule has 0 radical (unpaired) electrons. The fraction of sp³-hybridized carbons (Fsp3) is 0.250. The number of rotatable bonds is 3. The number of ether oxygens (including phenoxy) is 1. The third kappa shape index (κ3) is 3.53. The zero-order valence-corrected chi connectivity index (χ0v) is 13.4. The third-order valence-corrected chi connectivity index (χ3v) is 4.96. The predicted molar refractivity (Wildman–Crippen MR) is 80.5 cm³/mol. The molecule has 0 fully saturated rings. The quantitative estimate of drug-likeness (QED) is 0.836. The average molecular weight is 375 g/mol. The standard InChI is InChI=1S/C16H13F4NO3S/c17-11-3-1-9(2-4-11)14(16(18,19)20)15-13-6-5-12(25(21,22)23)7-10(13)8-24-15/h1-7,14-15H,8H2,(H2,21,22,23). The molecule has 2 aromatic rings. The molecule has 2 atom stereocenters. The van der Waals surface area contributed by atoms with Crippen LogP contribution in [0.5, 0.6) is 0 Å². The summed E-state index contributed by atoms with van der Waals surface area (Å²) in [5.74, 6) is -2.65. The van der Waals surface area contributed by atoms with Gasteiger partial charge in [-0.2, -0.15) is 13.2 Å². The number of fused-ring (bicyclic) bond motifs is 1. The van der Waals surface area contributed by atoms with Gasteiger partial charge in [-0.3, -0.25) is 0 Å². The summed E-state index contributed by atoms with van der Waals surface area (Å²) >= 11 is 0. The highest BCUT2D eigenvalue weighted by molar-refractivity contribution is 7.89. The predicted octanol–water partition coefficient (Wildman–Crippen LogP) is 3.39. The molecular weight excluding hydrogens is 362 g/mol. The Balaban J connectivity index is 2.05. The number of hydrogen-bond donors (Lipinski definition) is 1. The highest BCUT2D eigenvalue weighted by Gasteiger charge is 2.49. The normalized spacial score (nSPS) is 18.8. The summed E-state index contributed by atoms with van der Waals surface area (Å²) in [6.07, 6.45) is -5.99. The van der Waals surface area contributed by atoms with Crippen LogP contribution in [0.1, 0.15) is 28.7 Å². The van der Waals surface area contributed by atoms with E-state index in [1.54, 1.807) is 0 Å². The Kier molecular flexibility index (Phi) is 4.34. The fourth-order valence-electron chi connectivity index (χ4n) is 2.91. The first-order valence-electron chi connectivity index (χ1n) is 7.17. The van der Waals surface area contributed by atoms with Crippen LogP contribution < -0.4 is 5.14 Å². The van der Waals surface area contributed by atoms with Crippen LogP contribution in [-0.4, -0.2) is 14.6 Å². The van der Waals surface area contributed by atoms with Crippen LogP contribution >= 0.6 is 0 Å². The molecule has 0 amide bonds. The van der Waals surface area contributed by atoms with Gasteiger partial charge in [0, 0.05) is 0 Å². The molecule has 134 valence electrons. The van der Waals surface area contributed by atoms with Crippen molar-refractivity contribution in [2.24, 2.45) is 5.14 Å². The van der Waals surface area contributed by atoms with E-state index in [0.717, 1.165) is 30.3 Å². The topological polar surface area (TPSA) is 69.4 Å². The third-order valence-electron chi connectivity index (χ3n) is 4.05. The number of primary sulfonamides is 1. The number of halogens is 4. The van der Waals surface area contributed by atoms with Crippen molar-refractivity contribution < 1.29 is 30.7 Å². The largest absolute Gasteiger partial charge is 0.398 e. The van der Waals surface area contributed by atoms with Gasteiger partial charge in [0.15, 0.2) is 0 Å². The van der Waals surface area contributed by atoms with Crippen molar-refractivity contribution in [2.45, 2.75) is 29.7 Å². The summed E-state index contributed by atoms with van der Waals surface area (Å²) in [5, 5.41) is 5.04. The van der Waals surface area contributed by atoms with Crippen molar-refractivity contribution >= 4 is 10.0 Å². The van der Waals surface area contributed by atoms with E-state index in [2.05, 4.69) is 0 Å². The van der Waals surface area contributed by atoms with E-state index in [0.29, 0.717) is 5.56 Å². The van der Waals surface area contributed by atoms with E-state index in [-0.39, 0.29) is 22.6 Å². The van der Waals surface area contributed by atoms with Gasteiger partial charge in [-0.05, 0) is 41.0 Å². The summed E-state index contributed by atoms with van der Waals surface area (Å²) < 4.78 is 82.0. The summed E-state index contributed by atoms with van der Waals surface area (Å²) in [4.78, 5) is -0.194. The van der Waals surface area contributed by atoms with Crippen LogP contribution in [0.2, 0.25) is 0 Å². The Morgan fingerprint density at radius 1 is 1.12 bits per heavy atom. The molecule has 0 saturated carbocycles. The Morgan fingerprint density at radius 3 is 2.32 bits per heavy atom. The highest BCUT2D eigenvalue weighted by Crippen LogP contribution is 2.49. The van der Waals surface area contributed by atoms with E-state index in [1.807, 2.05) is 0 Å². The first kappa shape index (κ1) is 17.8. The minimum absolute atomic E-state index is 0.137. The SMILES string of the molecule is NS(=O)(=O)c1ccc2c(c1)COC2C(c1ccc(F)cc1)C(F)(F)F. The second-order valence-corrected chi connectivity index (χ2v) is 7.27. The molecule has 0 bridgehead atoms. The monoisotopic (exact) mass is 375 g/mol. The zero-order valence-electron chi connectivity index (χ0n) is 12.6. The zero-order chi connectivity index (χ0) is 18.4. The average Bonchev–Trinajstić information content (AvgIpc) is 2.90. The second kappa shape index (κ2) is 6.08. The lowest BCUT2D eigenvalue weighted by molar-refractivity contribution is -0.179. The molecule has 1 aliphatic heterocycles. The van der Waals surface area contributed by atoms with E-state index in [4.69, 9.17) is 9.88 Å².